The number of allylic oxidation sites excluding steroid dienone is 1. The standard InChI is InChI=1S/C21H27ClO2S2/c1-20(2)17(14-21(3)25-11-12-26-21)18(20)19(23)24-10-9-16(22)13-15-7-5-4-6-8-15/h4-9,17-18H,10-14H2,1-3H3. The van der Waals surface area contributed by atoms with Crippen LogP contribution in [0.4, 0.5) is 0 Å². The smallest absolute Gasteiger partial charge is 0.310 e. The zero-order valence-electron chi connectivity index (χ0n) is 15.7. The molecule has 1 aliphatic carbocycles. The minimum atomic E-state index is -0.0722. The number of thioether (sulfide) groups is 2. The lowest BCUT2D eigenvalue weighted by Gasteiger charge is -2.22. The lowest BCUT2D eigenvalue weighted by atomic mass is 10.1. The third-order valence-corrected chi connectivity index (χ3v) is 9.16. The Morgan fingerprint density at radius 2 is 1.88 bits per heavy atom. The van der Waals surface area contributed by atoms with Crippen molar-refractivity contribution in [3.05, 3.63) is 47.0 Å². The second-order valence-corrected chi connectivity index (χ2v) is 11.8. The molecule has 2 nitrogen and oxygen atoms in total. The molecule has 1 saturated carbocycles. The summed E-state index contributed by atoms with van der Waals surface area (Å²) in [6, 6.07) is 10.1. The molecule has 1 heterocycles. The van der Waals surface area contributed by atoms with Crippen molar-refractivity contribution in [2.24, 2.45) is 17.3 Å². The van der Waals surface area contributed by atoms with Gasteiger partial charge in [0.25, 0.3) is 0 Å². The largest absolute Gasteiger partial charge is 0.461 e. The molecule has 0 bridgehead atoms. The average Bonchev–Trinajstić information content (AvgIpc) is 2.90. The van der Waals surface area contributed by atoms with Crippen molar-refractivity contribution >= 4 is 41.1 Å². The van der Waals surface area contributed by atoms with E-state index in [9.17, 15) is 4.79 Å². The summed E-state index contributed by atoms with van der Waals surface area (Å²) in [7, 11) is 0. The number of halogens is 1. The number of esters is 1. The van der Waals surface area contributed by atoms with E-state index in [0.717, 1.165) is 12.0 Å². The van der Waals surface area contributed by atoms with E-state index in [0.29, 0.717) is 17.4 Å². The Kier molecular flexibility index (Phi) is 6.36. The Balaban J connectivity index is 1.48. The summed E-state index contributed by atoms with van der Waals surface area (Å²) in [6.07, 6.45) is 3.56. The molecule has 1 saturated heterocycles. The molecule has 0 radical (unpaired) electrons. The fraction of sp³-hybridized carbons (Fsp3) is 0.571. The van der Waals surface area contributed by atoms with Gasteiger partial charge in [-0.2, -0.15) is 0 Å². The Hall–Kier alpha value is -0.580. The van der Waals surface area contributed by atoms with Gasteiger partial charge < -0.3 is 4.74 Å². The molecule has 3 rings (SSSR count). The predicted octanol–water partition coefficient (Wildman–Crippen LogP) is 5.75. The lowest BCUT2D eigenvalue weighted by Crippen LogP contribution is -2.15. The highest BCUT2D eigenvalue weighted by Gasteiger charge is 2.63. The summed E-state index contributed by atoms with van der Waals surface area (Å²) >= 11 is 10.3. The number of benzene rings is 1. The fourth-order valence-corrected chi connectivity index (χ4v) is 7.01. The van der Waals surface area contributed by atoms with Crippen LogP contribution < -0.4 is 0 Å². The van der Waals surface area contributed by atoms with Gasteiger partial charge in [0.1, 0.15) is 6.61 Å². The molecule has 2 unspecified atom stereocenters. The van der Waals surface area contributed by atoms with E-state index < -0.39 is 0 Å². The van der Waals surface area contributed by atoms with Crippen LogP contribution in [0.1, 0.15) is 32.8 Å². The first-order chi connectivity index (χ1) is 12.3. The highest BCUT2D eigenvalue weighted by atomic mass is 35.5. The SMILES string of the molecule is CC1(CC2C(C(=O)OCC=C(Cl)Cc3ccccc3)C2(C)C)SCCS1. The molecule has 0 aromatic heterocycles. The van der Waals surface area contributed by atoms with Crippen LogP contribution in [0, 0.1) is 17.3 Å². The first-order valence-electron chi connectivity index (χ1n) is 9.15. The van der Waals surface area contributed by atoms with Gasteiger partial charge in [-0.15, -0.1) is 23.5 Å². The molecule has 2 atom stereocenters. The maximum absolute atomic E-state index is 12.5. The van der Waals surface area contributed by atoms with Crippen molar-refractivity contribution in [1.29, 1.82) is 0 Å². The predicted molar refractivity (Wildman–Crippen MR) is 114 cm³/mol. The van der Waals surface area contributed by atoms with Crippen molar-refractivity contribution in [2.75, 3.05) is 18.1 Å². The third kappa shape index (κ3) is 4.82. The first kappa shape index (κ1) is 20.2. The van der Waals surface area contributed by atoms with Gasteiger partial charge in [0.05, 0.1) is 10.00 Å². The van der Waals surface area contributed by atoms with Gasteiger partial charge in [-0.1, -0.05) is 55.8 Å². The Bertz CT molecular complexity index is 666. The molecule has 0 amide bonds. The molecule has 1 aromatic rings. The summed E-state index contributed by atoms with van der Waals surface area (Å²) in [5, 5.41) is 0.710. The minimum absolute atomic E-state index is 0.0161. The second-order valence-electron chi connectivity index (χ2n) is 7.88. The molecule has 1 aliphatic heterocycles. The molecule has 0 spiro atoms. The van der Waals surface area contributed by atoms with Crippen molar-refractivity contribution in [3.8, 4) is 0 Å². The molecular weight excluding hydrogens is 384 g/mol. The number of ether oxygens (including phenoxy) is 1. The first-order valence-corrected chi connectivity index (χ1v) is 11.5. The van der Waals surface area contributed by atoms with Crippen molar-refractivity contribution < 1.29 is 9.53 Å². The van der Waals surface area contributed by atoms with Gasteiger partial charge >= 0.3 is 5.97 Å². The summed E-state index contributed by atoms with van der Waals surface area (Å²) < 4.78 is 5.78. The number of hydrogen-bond acceptors (Lipinski definition) is 4. The zero-order chi connectivity index (χ0) is 18.8. The number of carbonyl (C=O) groups excluding carboxylic acids is 1. The molecule has 5 heteroatoms. The van der Waals surface area contributed by atoms with E-state index in [4.69, 9.17) is 16.3 Å². The van der Waals surface area contributed by atoms with Crippen LogP contribution in [0.25, 0.3) is 0 Å². The normalized spacial score (nSPS) is 26.5. The van der Waals surface area contributed by atoms with Crippen LogP contribution in [0.3, 0.4) is 0 Å². The Morgan fingerprint density at radius 1 is 1.23 bits per heavy atom. The van der Waals surface area contributed by atoms with Gasteiger partial charge in [0, 0.05) is 23.0 Å². The summed E-state index contributed by atoms with van der Waals surface area (Å²) in [5.74, 6) is 2.80. The molecule has 26 heavy (non-hydrogen) atoms. The minimum Gasteiger partial charge on any atom is -0.461 e. The van der Waals surface area contributed by atoms with E-state index in [2.05, 4.69) is 20.8 Å². The summed E-state index contributed by atoms with van der Waals surface area (Å²) in [5.41, 5.74) is 1.20. The maximum Gasteiger partial charge on any atom is 0.310 e. The number of hydrogen-bond donors (Lipinski definition) is 0. The fourth-order valence-electron chi connectivity index (χ4n) is 3.83. The highest BCUT2D eigenvalue weighted by molar-refractivity contribution is 8.21. The van der Waals surface area contributed by atoms with Crippen LogP contribution in [-0.2, 0) is 16.0 Å². The van der Waals surface area contributed by atoms with E-state index in [1.165, 1.54) is 11.5 Å². The molecule has 142 valence electrons. The number of rotatable bonds is 7. The highest BCUT2D eigenvalue weighted by Crippen LogP contribution is 2.64. The molecular formula is C21H27ClO2S2. The molecule has 1 aromatic carbocycles. The van der Waals surface area contributed by atoms with Gasteiger partial charge in [-0.3, -0.25) is 4.79 Å². The van der Waals surface area contributed by atoms with Gasteiger partial charge in [-0.25, -0.2) is 0 Å². The summed E-state index contributed by atoms with van der Waals surface area (Å²) in [4.78, 5) is 12.5. The Morgan fingerprint density at radius 3 is 2.54 bits per heavy atom. The second kappa shape index (κ2) is 8.20. The van der Waals surface area contributed by atoms with Crippen LogP contribution in [-0.4, -0.2) is 28.2 Å². The van der Waals surface area contributed by atoms with Crippen LogP contribution in [0.5, 0.6) is 0 Å². The van der Waals surface area contributed by atoms with Crippen LogP contribution in [0.2, 0.25) is 0 Å². The molecule has 2 aliphatic rings. The van der Waals surface area contributed by atoms with E-state index in [1.807, 2.05) is 53.9 Å². The molecule has 0 N–H and O–H groups in total. The Labute approximate surface area is 170 Å². The van der Waals surface area contributed by atoms with Gasteiger partial charge in [-0.05, 0) is 36.3 Å². The number of carbonyl (C=O) groups is 1. The zero-order valence-corrected chi connectivity index (χ0v) is 18.1. The van der Waals surface area contributed by atoms with Gasteiger partial charge in [0.2, 0.25) is 0 Å². The van der Waals surface area contributed by atoms with Crippen molar-refractivity contribution in [3.63, 3.8) is 0 Å². The summed E-state index contributed by atoms with van der Waals surface area (Å²) in [6.45, 7) is 6.95. The third-order valence-electron chi connectivity index (χ3n) is 5.54. The molecule has 2 fully saturated rings. The monoisotopic (exact) mass is 410 g/mol. The van der Waals surface area contributed by atoms with E-state index in [-0.39, 0.29) is 28.0 Å². The van der Waals surface area contributed by atoms with E-state index >= 15 is 0 Å². The van der Waals surface area contributed by atoms with Gasteiger partial charge in [0.15, 0.2) is 0 Å². The topological polar surface area (TPSA) is 26.3 Å². The quantitative estimate of drug-likeness (QED) is 0.534. The van der Waals surface area contributed by atoms with Crippen LogP contribution >= 0.6 is 35.1 Å². The van der Waals surface area contributed by atoms with Crippen molar-refractivity contribution in [2.45, 2.75) is 37.7 Å². The average molecular weight is 411 g/mol. The van der Waals surface area contributed by atoms with Crippen LogP contribution in [0.15, 0.2) is 41.4 Å². The van der Waals surface area contributed by atoms with E-state index in [1.54, 1.807) is 6.08 Å². The maximum atomic E-state index is 12.5. The lowest BCUT2D eigenvalue weighted by molar-refractivity contribution is -0.145. The van der Waals surface area contributed by atoms with Crippen molar-refractivity contribution in [1.82, 2.24) is 0 Å².